The van der Waals surface area contributed by atoms with Gasteiger partial charge in [-0.05, 0) is 32.1 Å². The molecule has 0 aromatic rings. The highest BCUT2D eigenvalue weighted by atomic mass is 16.5. The Kier molecular flexibility index (Phi) is 5.14. The molecule has 5 nitrogen and oxygen atoms in total. The summed E-state index contributed by atoms with van der Waals surface area (Å²) in [7, 11) is 0. The van der Waals surface area contributed by atoms with Crippen molar-refractivity contribution in [3.63, 3.8) is 0 Å². The number of amides is 2. The van der Waals surface area contributed by atoms with E-state index in [2.05, 4.69) is 5.32 Å². The Hall–Kier alpha value is -1.10. The van der Waals surface area contributed by atoms with Crippen molar-refractivity contribution in [1.82, 2.24) is 5.32 Å². The van der Waals surface area contributed by atoms with Gasteiger partial charge in [-0.15, -0.1) is 0 Å². The van der Waals surface area contributed by atoms with Gasteiger partial charge in [-0.2, -0.15) is 0 Å². The quantitative estimate of drug-likeness (QED) is 0.764. The van der Waals surface area contributed by atoms with Crippen molar-refractivity contribution in [2.24, 2.45) is 17.6 Å². The molecule has 0 spiro atoms. The minimum absolute atomic E-state index is 0.0652. The van der Waals surface area contributed by atoms with Crippen LogP contribution >= 0.6 is 0 Å². The number of carbonyl (C=O) groups is 2. The van der Waals surface area contributed by atoms with Gasteiger partial charge < -0.3 is 15.8 Å². The van der Waals surface area contributed by atoms with Crippen LogP contribution in [0.25, 0.3) is 0 Å². The van der Waals surface area contributed by atoms with Crippen LogP contribution in [0.3, 0.4) is 0 Å². The number of ether oxygens (including phenoxy) is 1. The Morgan fingerprint density at radius 3 is 2.39 bits per heavy atom. The second kappa shape index (κ2) is 6.18. The molecule has 1 aliphatic heterocycles. The van der Waals surface area contributed by atoms with Gasteiger partial charge in [0, 0.05) is 19.1 Å². The number of rotatable bonds is 5. The lowest BCUT2D eigenvalue weighted by molar-refractivity contribution is -0.135. The molecule has 5 heteroatoms. The first kappa shape index (κ1) is 15.0. The summed E-state index contributed by atoms with van der Waals surface area (Å²) in [5.74, 6) is -0.334. The molecule has 1 saturated heterocycles. The molecule has 1 fully saturated rings. The molecule has 0 radical (unpaired) electrons. The Balaban J connectivity index is 2.65. The maximum Gasteiger partial charge on any atom is 0.242 e. The van der Waals surface area contributed by atoms with Crippen molar-refractivity contribution < 1.29 is 14.3 Å². The fourth-order valence-electron chi connectivity index (χ4n) is 2.36. The van der Waals surface area contributed by atoms with E-state index in [1.54, 1.807) is 6.92 Å². The first-order chi connectivity index (χ1) is 8.35. The van der Waals surface area contributed by atoms with Crippen LogP contribution in [0.1, 0.15) is 40.0 Å². The molecule has 1 rings (SSSR count). The second-order valence-electron chi connectivity index (χ2n) is 5.67. The van der Waals surface area contributed by atoms with Crippen molar-refractivity contribution in [2.75, 3.05) is 13.2 Å². The number of carbonyl (C=O) groups excluding carboxylic acids is 2. The van der Waals surface area contributed by atoms with Crippen LogP contribution in [0.15, 0.2) is 0 Å². The van der Waals surface area contributed by atoms with E-state index < -0.39 is 11.4 Å². The van der Waals surface area contributed by atoms with E-state index in [1.165, 1.54) is 0 Å². The molecule has 0 unspecified atom stereocenters. The predicted molar refractivity (Wildman–Crippen MR) is 68.7 cm³/mol. The number of primary amides is 1. The van der Waals surface area contributed by atoms with Gasteiger partial charge in [-0.25, -0.2) is 0 Å². The van der Waals surface area contributed by atoms with Crippen LogP contribution in [-0.4, -0.2) is 30.6 Å². The summed E-state index contributed by atoms with van der Waals surface area (Å²) in [5.41, 5.74) is 4.46. The normalized spacial score (nSPS) is 20.4. The molecule has 2 amide bonds. The van der Waals surface area contributed by atoms with Crippen molar-refractivity contribution in [2.45, 2.75) is 45.6 Å². The first-order valence-electron chi connectivity index (χ1n) is 6.55. The van der Waals surface area contributed by atoms with Crippen LogP contribution in [-0.2, 0) is 14.3 Å². The zero-order valence-electron chi connectivity index (χ0n) is 11.5. The lowest BCUT2D eigenvalue weighted by Crippen LogP contribution is -2.57. The standard InChI is InChI=1S/C13H24N2O3/c1-9(2)8-13(3,12(14)17)15-11(16)10-4-6-18-7-5-10/h9-10H,4-8H2,1-3H3,(H2,14,17)(H,15,16)/t13-/m1/s1. The third kappa shape index (κ3) is 3.98. The monoisotopic (exact) mass is 256 g/mol. The minimum atomic E-state index is -0.955. The lowest BCUT2D eigenvalue weighted by atomic mass is 9.88. The molecule has 0 bridgehead atoms. The average molecular weight is 256 g/mol. The van der Waals surface area contributed by atoms with Gasteiger partial charge in [0.2, 0.25) is 11.8 Å². The Morgan fingerprint density at radius 2 is 1.94 bits per heavy atom. The predicted octanol–water partition coefficient (Wildman–Crippen LogP) is 0.819. The van der Waals surface area contributed by atoms with Gasteiger partial charge >= 0.3 is 0 Å². The highest BCUT2D eigenvalue weighted by Crippen LogP contribution is 2.20. The minimum Gasteiger partial charge on any atom is -0.381 e. The largest absolute Gasteiger partial charge is 0.381 e. The molecule has 0 aliphatic carbocycles. The van der Waals surface area contributed by atoms with Crippen LogP contribution < -0.4 is 11.1 Å². The smallest absolute Gasteiger partial charge is 0.242 e. The zero-order chi connectivity index (χ0) is 13.8. The summed E-state index contributed by atoms with van der Waals surface area (Å²) in [4.78, 5) is 23.7. The van der Waals surface area contributed by atoms with Crippen molar-refractivity contribution in [1.29, 1.82) is 0 Å². The number of nitrogens with one attached hydrogen (secondary N) is 1. The summed E-state index contributed by atoms with van der Waals surface area (Å²) < 4.78 is 5.22. The summed E-state index contributed by atoms with van der Waals surface area (Å²) >= 11 is 0. The SMILES string of the molecule is CC(C)C[C@@](C)(NC(=O)C1CCOCC1)C(N)=O. The van der Waals surface area contributed by atoms with Gasteiger partial charge in [0.1, 0.15) is 5.54 Å². The van der Waals surface area contributed by atoms with Crippen LogP contribution in [0.4, 0.5) is 0 Å². The summed E-state index contributed by atoms with van der Waals surface area (Å²) in [6.07, 6.45) is 1.97. The van der Waals surface area contributed by atoms with Gasteiger partial charge in [-0.3, -0.25) is 9.59 Å². The third-order valence-corrected chi connectivity index (χ3v) is 3.35. The molecule has 104 valence electrons. The average Bonchev–Trinajstić information content (AvgIpc) is 2.28. The third-order valence-electron chi connectivity index (χ3n) is 3.35. The van der Waals surface area contributed by atoms with Gasteiger partial charge in [0.15, 0.2) is 0 Å². The summed E-state index contributed by atoms with van der Waals surface area (Å²) in [6.45, 7) is 6.92. The molecule has 1 atom stereocenters. The van der Waals surface area contributed by atoms with E-state index in [9.17, 15) is 9.59 Å². The Morgan fingerprint density at radius 1 is 1.39 bits per heavy atom. The van der Waals surface area contributed by atoms with Gasteiger partial charge in [-0.1, -0.05) is 13.8 Å². The van der Waals surface area contributed by atoms with E-state index in [-0.39, 0.29) is 17.7 Å². The van der Waals surface area contributed by atoms with Crippen LogP contribution in [0, 0.1) is 11.8 Å². The van der Waals surface area contributed by atoms with E-state index in [4.69, 9.17) is 10.5 Å². The van der Waals surface area contributed by atoms with Crippen molar-refractivity contribution >= 4 is 11.8 Å². The van der Waals surface area contributed by atoms with Gasteiger partial charge in [0.25, 0.3) is 0 Å². The molecule has 0 aromatic carbocycles. The zero-order valence-corrected chi connectivity index (χ0v) is 11.5. The topological polar surface area (TPSA) is 81.4 Å². The van der Waals surface area contributed by atoms with Crippen molar-refractivity contribution in [3.05, 3.63) is 0 Å². The highest BCUT2D eigenvalue weighted by Gasteiger charge is 2.35. The summed E-state index contributed by atoms with van der Waals surface area (Å²) in [6, 6.07) is 0. The highest BCUT2D eigenvalue weighted by molar-refractivity contribution is 5.90. The number of hydrogen-bond acceptors (Lipinski definition) is 3. The van der Waals surface area contributed by atoms with Crippen LogP contribution in [0.2, 0.25) is 0 Å². The van der Waals surface area contributed by atoms with Crippen molar-refractivity contribution in [3.8, 4) is 0 Å². The number of nitrogens with two attached hydrogens (primary N) is 1. The van der Waals surface area contributed by atoms with Gasteiger partial charge in [0.05, 0.1) is 0 Å². The van der Waals surface area contributed by atoms with E-state index >= 15 is 0 Å². The lowest BCUT2D eigenvalue weighted by Gasteiger charge is -2.32. The molecule has 1 aliphatic rings. The Labute approximate surface area is 108 Å². The molecule has 0 saturated carbocycles. The fraction of sp³-hybridized carbons (Fsp3) is 0.846. The fourth-order valence-corrected chi connectivity index (χ4v) is 2.36. The second-order valence-corrected chi connectivity index (χ2v) is 5.67. The molecule has 0 aromatic heterocycles. The summed E-state index contributed by atoms with van der Waals surface area (Å²) in [5, 5.41) is 2.82. The van der Waals surface area contributed by atoms with Crippen LogP contribution in [0.5, 0.6) is 0 Å². The van der Waals surface area contributed by atoms with E-state index in [0.717, 1.165) is 0 Å². The first-order valence-corrected chi connectivity index (χ1v) is 6.55. The Bertz CT molecular complexity index is 311. The molecular weight excluding hydrogens is 232 g/mol. The van der Waals surface area contributed by atoms with E-state index in [0.29, 0.717) is 32.5 Å². The maximum absolute atomic E-state index is 12.1. The molecule has 3 N–H and O–H groups in total. The molecule has 18 heavy (non-hydrogen) atoms. The molecule has 1 heterocycles. The maximum atomic E-state index is 12.1. The molecular formula is C13H24N2O3. The number of hydrogen-bond donors (Lipinski definition) is 2. The van der Waals surface area contributed by atoms with E-state index in [1.807, 2.05) is 13.8 Å².